The molecule has 0 radical (unpaired) electrons. The van der Waals surface area contributed by atoms with Crippen LogP contribution in [-0.4, -0.2) is 23.8 Å². The zero-order chi connectivity index (χ0) is 23.5. The second-order valence-corrected chi connectivity index (χ2v) is 8.72. The molecule has 0 aliphatic carbocycles. The summed E-state index contributed by atoms with van der Waals surface area (Å²) in [7, 11) is 0. The summed E-state index contributed by atoms with van der Waals surface area (Å²) in [5, 5.41) is 0. The van der Waals surface area contributed by atoms with Crippen molar-refractivity contribution in [2.24, 2.45) is 4.99 Å². The first-order valence-corrected chi connectivity index (χ1v) is 11.7. The number of carbonyl (C=O) groups is 1. The molecule has 7 heteroatoms. The molecule has 0 bridgehead atoms. The van der Waals surface area contributed by atoms with Crippen molar-refractivity contribution in [1.29, 1.82) is 0 Å². The number of allylic oxidation sites excluding steroid dienone is 1. The van der Waals surface area contributed by atoms with Gasteiger partial charge in [0, 0.05) is 0 Å². The van der Waals surface area contributed by atoms with Gasteiger partial charge in [-0.05, 0) is 57.0 Å². The van der Waals surface area contributed by atoms with E-state index in [1.165, 1.54) is 11.3 Å². The minimum atomic E-state index is -0.629. The third-order valence-corrected chi connectivity index (χ3v) is 6.38. The number of hydrogen-bond acceptors (Lipinski definition) is 6. The number of thiazole rings is 1. The van der Waals surface area contributed by atoms with Gasteiger partial charge >= 0.3 is 5.97 Å². The second-order valence-electron chi connectivity index (χ2n) is 7.72. The molecule has 0 saturated heterocycles. The first-order chi connectivity index (χ1) is 15.9. The SMILES string of the molecule is CCOC(=O)C1=C(C)N=c2s/c(=C\c3ccc(C)cc3)c(=O)n2[C@@H]1c1ccc(OCC)cc1. The standard InChI is InChI=1S/C26H26N2O4S/c1-5-31-20-13-11-19(12-14-20)23-22(25(30)32-6-2)17(4)27-26-28(23)24(29)21(33-26)15-18-9-7-16(3)8-10-18/h7-15,23H,5-6H2,1-4H3/b21-15-/t23-/m1/s1. The summed E-state index contributed by atoms with van der Waals surface area (Å²) in [6.45, 7) is 8.28. The number of aromatic nitrogens is 1. The van der Waals surface area contributed by atoms with Crippen molar-refractivity contribution in [3.8, 4) is 5.75 Å². The molecule has 2 heterocycles. The fourth-order valence-electron chi connectivity index (χ4n) is 3.83. The number of fused-ring (bicyclic) bond motifs is 1. The Morgan fingerprint density at radius 3 is 2.39 bits per heavy atom. The van der Waals surface area contributed by atoms with E-state index in [4.69, 9.17) is 9.47 Å². The van der Waals surface area contributed by atoms with Crippen molar-refractivity contribution in [2.75, 3.05) is 13.2 Å². The Kier molecular flexibility index (Phi) is 6.60. The van der Waals surface area contributed by atoms with Gasteiger partial charge in [0.25, 0.3) is 5.56 Å². The third kappa shape index (κ3) is 4.54. The van der Waals surface area contributed by atoms with Crippen LogP contribution >= 0.6 is 11.3 Å². The van der Waals surface area contributed by atoms with Gasteiger partial charge in [-0.25, -0.2) is 9.79 Å². The fraction of sp³-hybridized carbons (Fsp3) is 0.269. The molecule has 0 saturated carbocycles. The molecule has 0 fully saturated rings. The minimum absolute atomic E-state index is 0.187. The van der Waals surface area contributed by atoms with Crippen molar-refractivity contribution in [1.82, 2.24) is 4.57 Å². The molecule has 1 aliphatic heterocycles. The van der Waals surface area contributed by atoms with Crippen molar-refractivity contribution < 1.29 is 14.3 Å². The lowest BCUT2D eigenvalue weighted by Crippen LogP contribution is -2.39. The second kappa shape index (κ2) is 9.58. The van der Waals surface area contributed by atoms with Gasteiger partial charge in [-0.2, -0.15) is 0 Å². The molecule has 0 spiro atoms. The zero-order valence-electron chi connectivity index (χ0n) is 19.1. The number of esters is 1. The predicted molar refractivity (Wildman–Crippen MR) is 129 cm³/mol. The Morgan fingerprint density at radius 2 is 1.76 bits per heavy atom. The molecule has 4 rings (SSSR count). The van der Waals surface area contributed by atoms with Crippen LogP contribution in [0.25, 0.3) is 6.08 Å². The summed E-state index contributed by atoms with van der Waals surface area (Å²) in [6.07, 6.45) is 1.86. The normalized spacial score (nSPS) is 15.8. The van der Waals surface area contributed by atoms with Crippen molar-refractivity contribution in [3.05, 3.63) is 96.2 Å². The molecule has 6 nitrogen and oxygen atoms in total. The third-order valence-electron chi connectivity index (χ3n) is 5.40. The van der Waals surface area contributed by atoms with Crippen LogP contribution < -0.4 is 19.6 Å². The van der Waals surface area contributed by atoms with E-state index in [-0.39, 0.29) is 12.2 Å². The van der Waals surface area contributed by atoms with Gasteiger partial charge in [0.05, 0.1) is 35.1 Å². The Morgan fingerprint density at radius 1 is 1.06 bits per heavy atom. The molecule has 1 atom stereocenters. The monoisotopic (exact) mass is 462 g/mol. The molecular formula is C26H26N2O4S. The number of ether oxygens (including phenoxy) is 2. The summed E-state index contributed by atoms with van der Waals surface area (Å²) in [6, 6.07) is 14.8. The van der Waals surface area contributed by atoms with Gasteiger partial charge in [-0.3, -0.25) is 9.36 Å². The largest absolute Gasteiger partial charge is 0.494 e. The maximum atomic E-state index is 13.6. The topological polar surface area (TPSA) is 69.9 Å². The lowest BCUT2D eigenvalue weighted by atomic mass is 9.96. The summed E-state index contributed by atoms with van der Waals surface area (Å²) in [5.41, 5.74) is 3.61. The lowest BCUT2D eigenvalue weighted by Gasteiger charge is -2.24. The number of carbonyl (C=O) groups excluding carboxylic acids is 1. The number of aryl methyl sites for hydroxylation is 1. The lowest BCUT2D eigenvalue weighted by molar-refractivity contribution is -0.139. The average molecular weight is 463 g/mol. The maximum absolute atomic E-state index is 13.6. The Balaban J connectivity index is 1.90. The van der Waals surface area contributed by atoms with Crippen LogP contribution in [0.1, 0.15) is 43.5 Å². The Bertz CT molecular complexity index is 1380. The fourth-order valence-corrected chi connectivity index (χ4v) is 4.88. The van der Waals surface area contributed by atoms with Gasteiger partial charge in [0.1, 0.15) is 5.75 Å². The van der Waals surface area contributed by atoms with Crippen molar-refractivity contribution >= 4 is 23.4 Å². The quantitative estimate of drug-likeness (QED) is 0.526. The highest BCUT2D eigenvalue weighted by molar-refractivity contribution is 7.07. The summed E-state index contributed by atoms with van der Waals surface area (Å²) in [5.74, 6) is 0.261. The number of rotatable bonds is 6. The van der Waals surface area contributed by atoms with Crippen LogP contribution in [0.15, 0.2) is 69.6 Å². The van der Waals surface area contributed by atoms with E-state index in [2.05, 4.69) is 4.99 Å². The number of hydrogen-bond donors (Lipinski definition) is 0. The average Bonchev–Trinajstić information content (AvgIpc) is 3.10. The highest BCUT2D eigenvalue weighted by Crippen LogP contribution is 2.31. The van der Waals surface area contributed by atoms with Crippen LogP contribution in [0.3, 0.4) is 0 Å². The van der Waals surface area contributed by atoms with Gasteiger partial charge < -0.3 is 9.47 Å². The van der Waals surface area contributed by atoms with E-state index in [0.717, 1.165) is 22.4 Å². The summed E-state index contributed by atoms with van der Waals surface area (Å²) < 4.78 is 13.1. The first-order valence-electron chi connectivity index (χ1n) is 10.9. The molecular weight excluding hydrogens is 436 g/mol. The van der Waals surface area contributed by atoms with Crippen LogP contribution in [-0.2, 0) is 9.53 Å². The van der Waals surface area contributed by atoms with E-state index < -0.39 is 12.0 Å². The van der Waals surface area contributed by atoms with Gasteiger partial charge in [0.2, 0.25) is 0 Å². The van der Waals surface area contributed by atoms with E-state index >= 15 is 0 Å². The molecule has 1 aliphatic rings. The molecule has 0 amide bonds. The number of benzene rings is 2. The van der Waals surface area contributed by atoms with Gasteiger partial charge in [-0.1, -0.05) is 53.3 Å². The number of nitrogens with zero attached hydrogens (tertiary/aromatic N) is 2. The van der Waals surface area contributed by atoms with E-state index in [9.17, 15) is 9.59 Å². The van der Waals surface area contributed by atoms with E-state index in [0.29, 0.717) is 27.2 Å². The highest BCUT2D eigenvalue weighted by Gasteiger charge is 2.33. The van der Waals surface area contributed by atoms with Gasteiger partial charge in [-0.15, -0.1) is 0 Å². The molecule has 33 heavy (non-hydrogen) atoms. The van der Waals surface area contributed by atoms with Crippen LogP contribution in [0.2, 0.25) is 0 Å². The summed E-state index contributed by atoms with van der Waals surface area (Å²) in [4.78, 5) is 31.6. The minimum Gasteiger partial charge on any atom is -0.494 e. The Labute approximate surface area is 196 Å². The predicted octanol–water partition coefficient (Wildman–Crippen LogP) is 3.51. The smallest absolute Gasteiger partial charge is 0.338 e. The van der Waals surface area contributed by atoms with Gasteiger partial charge in [0.15, 0.2) is 4.80 Å². The van der Waals surface area contributed by atoms with E-state index in [1.54, 1.807) is 18.4 Å². The maximum Gasteiger partial charge on any atom is 0.338 e. The van der Waals surface area contributed by atoms with Crippen molar-refractivity contribution in [2.45, 2.75) is 33.7 Å². The summed E-state index contributed by atoms with van der Waals surface area (Å²) >= 11 is 1.32. The molecule has 0 N–H and O–H groups in total. The zero-order valence-corrected chi connectivity index (χ0v) is 19.9. The van der Waals surface area contributed by atoms with Crippen molar-refractivity contribution in [3.63, 3.8) is 0 Å². The first kappa shape index (κ1) is 22.7. The highest BCUT2D eigenvalue weighted by atomic mass is 32.1. The van der Waals surface area contributed by atoms with Crippen LogP contribution in [0, 0.1) is 6.92 Å². The molecule has 170 valence electrons. The molecule has 1 aromatic heterocycles. The molecule has 0 unspecified atom stereocenters. The van der Waals surface area contributed by atoms with Crippen LogP contribution in [0.4, 0.5) is 0 Å². The van der Waals surface area contributed by atoms with Crippen LogP contribution in [0.5, 0.6) is 5.75 Å². The Hall–Kier alpha value is -3.45. The van der Waals surface area contributed by atoms with E-state index in [1.807, 2.05) is 68.5 Å². The molecule has 2 aromatic carbocycles. The molecule has 3 aromatic rings.